The van der Waals surface area contributed by atoms with E-state index >= 15 is 0 Å². The van der Waals surface area contributed by atoms with E-state index in [1.807, 2.05) is 28.6 Å². The molecule has 39 heavy (non-hydrogen) atoms. The number of anilines is 2. The maximum Gasteiger partial charge on any atom is 0.405 e. The van der Waals surface area contributed by atoms with Crippen molar-refractivity contribution in [3.8, 4) is 0 Å². The van der Waals surface area contributed by atoms with Crippen molar-refractivity contribution in [3.63, 3.8) is 0 Å². The Morgan fingerprint density at radius 3 is 2.90 bits per heavy atom. The van der Waals surface area contributed by atoms with Gasteiger partial charge in [0.25, 0.3) is 0 Å². The molecule has 204 valence electrons. The minimum Gasteiger partial charge on any atom is -0.383 e. The van der Waals surface area contributed by atoms with Gasteiger partial charge in [0.2, 0.25) is 0 Å². The van der Waals surface area contributed by atoms with Gasteiger partial charge in [-0.3, -0.25) is 0 Å². The van der Waals surface area contributed by atoms with Crippen LogP contribution < -0.4 is 26.2 Å². The third-order valence-electron chi connectivity index (χ3n) is 6.83. The number of hydrogen-bond donors (Lipinski definition) is 4. The number of fused-ring (bicyclic) bond motifs is 1. The summed E-state index contributed by atoms with van der Waals surface area (Å²) in [4.78, 5) is 18.5. The van der Waals surface area contributed by atoms with Crippen LogP contribution in [0, 0.1) is 0 Å². The van der Waals surface area contributed by atoms with E-state index in [1.54, 1.807) is 24.5 Å². The van der Waals surface area contributed by atoms with Crippen LogP contribution in [0.3, 0.4) is 0 Å². The van der Waals surface area contributed by atoms with Crippen molar-refractivity contribution >= 4 is 23.7 Å². The van der Waals surface area contributed by atoms with Crippen LogP contribution in [-0.2, 0) is 0 Å². The molecule has 2 atom stereocenters. The molecular weight excluding hydrogens is 505 g/mol. The lowest BCUT2D eigenvalue weighted by atomic mass is 9.88. The lowest BCUT2D eigenvalue weighted by molar-refractivity contribution is -0.122. The van der Waals surface area contributed by atoms with Crippen LogP contribution in [0.15, 0.2) is 100 Å². The summed E-state index contributed by atoms with van der Waals surface area (Å²) in [5.41, 5.74) is 5.95. The monoisotopic (exact) mass is 536 g/mol. The van der Waals surface area contributed by atoms with Crippen molar-refractivity contribution in [2.24, 2.45) is 4.99 Å². The highest BCUT2D eigenvalue weighted by Crippen LogP contribution is 2.35. The highest BCUT2D eigenvalue weighted by molar-refractivity contribution is 5.91. The van der Waals surface area contributed by atoms with Gasteiger partial charge >= 0.3 is 12.2 Å². The Hall–Kier alpha value is -4.05. The molecule has 2 amide bonds. The topological polar surface area (TPSA) is 80.8 Å². The summed E-state index contributed by atoms with van der Waals surface area (Å²) in [5, 5.41) is 11.1. The van der Waals surface area contributed by atoms with Gasteiger partial charge in [-0.1, -0.05) is 36.4 Å². The molecule has 0 radical (unpaired) electrons. The Bertz CT molecular complexity index is 1300. The summed E-state index contributed by atoms with van der Waals surface area (Å²) in [7, 11) is 0. The van der Waals surface area contributed by atoms with Crippen molar-refractivity contribution in [1.82, 2.24) is 16.0 Å². The van der Waals surface area contributed by atoms with Crippen LogP contribution in [-0.4, -0.2) is 50.3 Å². The Morgan fingerprint density at radius 1 is 1.18 bits per heavy atom. The van der Waals surface area contributed by atoms with Crippen LogP contribution in [0.4, 0.5) is 29.3 Å². The zero-order valence-corrected chi connectivity index (χ0v) is 21.3. The van der Waals surface area contributed by atoms with Gasteiger partial charge in [0.1, 0.15) is 6.54 Å². The molecule has 5 rings (SSSR count). The molecule has 2 heterocycles. The Balaban J connectivity index is 1.18. The average molecular weight is 537 g/mol. The number of carbonyl (C=O) groups excluding carboxylic acids is 1. The molecule has 7 nitrogen and oxygen atoms in total. The van der Waals surface area contributed by atoms with Crippen molar-refractivity contribution in [2.45, 2.75) is 37.5 Å². The number of dihydropyridines is 1. The molecule has 4 N–H and O–H groups in total. The van der Waals surface area contributed by atoms with Crippen molar-refractivity contribution < 1.29 is 18.0 Å². The van der Waals surface area contributed by atoms with E-state index < -0.39 is 18.8 Å². The first-order chi connectivity index (χ1) is 18.8. The van der Waals surface area contributed by atoms with E-state index in [-0.39, 0.29) is 6.04 Å². The minimum atomic E-state index is -4.47. The average Bonchev–Trinajstić information content (AvgIpc) is 3.36. The maximum atomic E-state index is 12.4. The maximum absolute atomic E-state index is 12.4. The number of urea groups is 1. The van der Waals surface area contributed by atoms with Gasteiger partial charge in [-0.2, -0.15) is 13.2 Å². The third-order valence-corrected chi connectivity index (χ3v) is 6.83. The number of allylic oxidation sites excluding steroid dienone is 6. The Kier molecular flexibility index (Phi) is 8.02. The minimum absolute atomic E-state index is 0.0222. The summed E-state index contributed by atoms with van der Waals surface area (Å²) >= 11 is 0. The molecule has 0 saturated heterocycles. The Labute approximate surface area is 225 Å². The van der Waals surface area contributed by atoms with Crippen LogP contribution in [0.25, 0.3) is 0 Å². The molecule has 2 unspecified atom stereocenters. The van der Waals surface area contributed by atoms with Gasteiger partial charge < -0.3 is 26.2 Å². The second-order valence-electron chi connectivity index (χ2n) is 9.74. The number of nitrogens with one attached hydrogen (secondary N) is 4. The predicted molar refractivity (Wildman–Crippen MR) is 149 cm³/mol. The normalized spacial score (nSPS) is 21.9. The number of alkyl halides is 3. The van der Waals surface area contributed by atoms with Gasteiger partial charge in [0, 0.05) is 24.5 Å². The number of halogens is 3. The first-order valence-corrected chi connectivity index (χ1v) is 13.0. The molecule has 4 aliphatic rings. The summed E-state index contributed by atoms with van der Waals surface area (Å²) in [6.45, 7) is 0.283. The molecule has 0 bridgehead atoms. The largest absolute Gasteiger partial charge is 0.405 e. The van der Waals surface area contributed by atoms with E-state index in [9.17, 15) is 18.0 Å². The number of benzene rings is 1. The van der Waals surface area contributed by atoms with E-state index in [0.29, 0.717) is 11.7 Å². The standard InChI is InChI=1S/C29H31F3N6O/c30-29(31,32)18-35-28(39)37-23-8-4-9-25(15-23)38-19-36-26-14-22(10-11-27(26)38)21-6-3-5-20(13-21)16-33-17-24-7-1-2-12-34-24/h1-2,4-5,7-10,12-15,19,24,27,33-34H,3,6,11,16-18H2,(H2,35,37,39). The fourth-order valence-electron chi connectivity index (χ4n) is 4.94. The number of aliphatic imine (C=N–C) groups is 1. The van der Waals surface area contributed by atoms with Crippen LogP contribution in [0.2, 0.25) is 0 Å². The van der Waals surface area contributed by atoms with Crippen molar-refractivity contribution in [1.29, 1.82) is 0 Å². The van der Waals surface area contributed by atoms with Crippen molar-refractivity contribution in [2.75, 3.05) is 29.9 Å². The second kappa shape index (κ2) is 11.8. The zero-order chi connectivity index (χ0) is 27.2. The number of hydrogen-bond acceptors (Lipinski definition) is 5. The first-order valence-electron chi connectivity index (χ1n) is 13.0. The van der Waals surface area contributed by atoms with E-state index in [1.165, 1.54) is 16.7 Å². The zero-order valence-electron chi connectivity index (χ0n) is 21.3. The van der Waals surface area contributed by atoms with Crippen LogP contribution in [0.5, 0.6) is 0 Å². The summed E-state index contributed by atoms with van der Waals surface area (Å²) < 4.78 is 37.1. The fraction of sp³-hybridized carbons (Fsp3) is 0.310. The molecule has 2 aliphatic carbocycles. The van der Waals surface area contributed by atoms with Gasteiger partial charge in [-0.05, 0) is 72.5 Å². The number of amides is 2. The van der Waals surface area contributed by atoms with E-state index in [2.05, 4.69) is 57.4 Å². The van der Waals surface area contributed by atoms with Crippen LogP contribution in [0.1, 0.15) is 19.3 Å². The third kappa shape index (κ3) is 7.08. The number of rotatable bonds is 8. The summed E-state index contributed by atoms with van der Waals surface area (Å²) in [6.07, 6.45) is 17.2. The SMILES string of the molecule is O=C(NCC(F)(F)F)Nc1cccc(N2C=NC3=CC(C4=CC(CNCC5C=CC=CN5)=CCC4)=CCC32)c1. The van der Waals surface area contributed by atoms with Gasteiger partial charge in [0.15, 0.2) is 0 Å². The molecular formula is C29H31F3N6O. The van der Waals surface area contributed by atoms with Gasteiger partial charge in [0.05, 0.1) is 24.1 Å². The molecule has 0 aromatic heterocycles. The molecule has 0 saturated carbocycles. The molecule has 0 spiro atoms. The second-order valence-corrected chi connectivity index (χ2v) is 9.74. The molecule has 10 heteroatoms. The number of nitrogens with zero attached hydrogens (tertiary/aromatic N) is 2. The van der Waals surface area contributed by atoms with E-state index in [4.69, 9.17) is 0 Å². The highest BCUT2D eigenvalue weighted by atomic mass is 19.4. The molecule has 1 aromatic rings. The van der Waals surface area contributed by atoms with Gasteiger partial charge in [-0.15, -0.1) is 0 Å². The van der Waals surface area contributed by atoms with Crippen LogP contribution >= 0.6 is 0 Å². The predicted octanol–water partition coefficient (Wildman–Crippen LogP) is 5.08. The smallest absolute Gasteiger partial charge is 0.383 e. The van der Waals surface area contributed by atoms with E-state index in [0.717, 1.165) is 43.7 Å². The summed E-state index contributed by atoms with van der Waals surface area (Å²) in [6, 6.07) is 6.41. The Morgan fingerprint density at radius 2 is 2.08 bits per heavy atom. The lowest BCUT2D eigenvalue weighted by Crippen LogP contribution is -2.36. The molecule has 0 fully saturated rings. The quantitative estimate of drug-likeness (QED) is 0.374. The fourth-order valence-corrected chi connectivity index (χ4v) is 4.94. The summed E-state index contributed by atoms with van der Waals surface area (Å²) in [5.74, 6) is 0. The number of carbonyl (C=O) groups is 1. The van der Waals surface area contributed by atoms with Gasteiger partial charge in [-0.25, -0.2) is 9.79 Å². The molecule has 2 aliphatic heterocycles. The lowest BCUT2D eigenvalue weighted by Gasteiger charge is -2.27. The van der Waals surface area contributed by atoms with Crippen molar-refractivity contribution in [3.05, 3.63) is 95.4 Å². The highest BCUT2D eigenvalue weighted by Gasteiger charge is 2.30. The first kappa shape index (κ1) is 26.6. The molecule has 1 aromatic carbocycles.